The van der Waals surface area contributed by atoms with E-state index in [1.165, 1.54) is 31.4 Å². The van der Waals surface area contributed by atoms with Crippen molar-refractivity contribution in [1.82, 2.24) is 0 Å². The molecule has 142 valence electrons. The average Bonchev–Trinajstić information content (AvgIpc) is 3.11. The van der Waals surface area contributed by atoms with Gasteiger partial charge in [0.05, 0.1) is 12.0 Å². The molecule has 2 aromatic carbocycles. The highest BCUT2D eigenvalue weighted by molar-refractivity contribution is 7.15. The third-order valence-corrected chi connectivity index (χ3v) is 5.03. The largest absolute Gasteiger partial charge is 0.465 e. The molecule has 7 nitrogen and oxygen atoms in total. The normalized spacial score (nSPS) is 10.4. The van der Waals surface area contributed by atoms with Crippen LogP contribution >= 0.6 is 22.9 Å². The molecule has 0 fully saturated rings. The Labute approximate surface area is 168 Å². The van der Waals surface area contributed by atoms with Gasteiger partial charge in [0, 0.05) is 33.7 Å². The van der Waals surface area contributed by atoms with Crippen molar-refractivity contribution in [2.24, 2.45) is 0 Å². The zero-order chi connectivity index (χ0) is 20.3. The molecule has 9 heteroatoms. The zero-order valence-corrected chi connectivity index (χ0v) is 16.0. The highest BCUT2D eigenvalue weighted by atomic mass is 35.5. The van der Waals surface area contributed by atoms with Crippen molar-refractivity contribution in [3.05, 3.63) is 80.2 Å². The molecule has 3 rings (SSSR count). The molecule has 0 aliphatic rings. The van der Waals surface area contributed by atoms with E-state index < -0.39 is 16.8 Å². The summed E-state index contributed by atoms with van der Waals surface area (Å²) >= 11 is 7.06. The number of nitro benzene ring substituents is 1. The van der Waals surface area contributed by atoms with Crippen LogP contribution in [0, 0.1) is 10.1 Å². The van der Waals surface area contributed by atoms with E-state index in [1.807, 2.05) is 0 Å². The maximum Gasteiger partial charge on any atom is 0.341 e. The minimum Gasteiger partial charge on any atom is -0.465 e. The van der Waals surface area contributed by atoms with Crippen molar-refractivity contribution < 1.29 is 19.2 Å². The molecule has 1 heterocycles. The van der Waals surface area contributed by atoms with Crippen molar-refractivity contribution in [2.45, 2.75) is 0 Å². The summed E-state index contributed by atoms with van der Waals surface area (Å²) in [6.07, 6.45) is 0. The lowest BCUT2D eigenvalue weighted by Crippen LogP contribution is -2.14. The first-order chi connectivity index (χ1) is 13.4. The molecule has 0 radical (unpaired) electrons. The summed E-state index contributed by atoms with van der Waals surface area (Å²) < 4.78 is 4.86. The number of methoxy groups -OCH3 is 1. The molecule has 0 atom stereocenters. The van der Waals surface area contributed by atoms with Gasteiger partial charge in [-0.2, -0.15) is 0 Å². The number of halogens is 1. The van der Waals surface area contributed by atoms with Gasteiger partial charge in [-0.3, -0.25) is 14.9 Å². The van der Waals surface area contributed by atoms with Gasteiger partial charge in [-0.25, -0.2) is 4.79 Å². The Balaban J connectivity index is 1.97. The van der Waals surface area contributed by atoms with Crippen molar-refractivity contribution in [3.63, 3.8) is 0 Å². The number of benzene rings is 2. The van der Waals surface area contributed by atoms with E-state index in [-0.39, 0.29) is 21.8 Å². The molecule has 0 aliphatic carbocycles. The molecule has 0 unspecified atom stereocenters. The van der Waals surface area contributed by atoms with Crippen LogP contribution < -0.4 is 5.32 Å². The predicted octanol–water partition coefficient (Wildman–Crippen LogP) is 5.02. The Kier molecular flexibility index (Phi) is 5.72. The van der Waals surface area contributed by atoms with Gasteiger partial charge in [0.15, 0.2) is 0 Å². The number of esters is 1. The van der Waals surface area contributed by atoms with Gasteiger partial charge >= 0.3 is 5.97 Å². The second kappa shape index (κ2) is 8.20. The summed E-state index contributed by atoms with van der Waals surface area (Å²) in [6.45, 7) is 0. The van der Waals surface area contributed by atoms with Crippen molar-refractivity contribution in [3.8, 4) is 11.1 Å². The third kappa shape index (κ3) is 4.03. The number of hydrogen-bond acceptors (Lipinski definition) is 6. The summed E-state index contributed by atoms with van der Waals surface area (Å²) in [7, 11) is 1.25. The van der Waals surface area contributed by atoms with E-state index in [0.717, 1.165) is 16.9 Å². The van der Waals surface area contributed by atoms with Gasteiger partial charge in [0.1, 0.15) is 10.6 Å². The number of carbonyl (C=O) groups excluding carboxylic acids is 2. The summed E-state index contributed by atoms with van der Waals surface area (Å²) in [6, 6.07) is 12.2. The quantitative estimate of drug-likeness (QED) is 0.358. The Morgan fingerprint density at radius 1 is 1.18 bits per heavy atom. The Morgan fingerprint density at radius 3 is 2.54 bits per heavy atom. The summed E-state index contributed by atoms with van der Waals surface area (Å²) in [5, 5.41) is 16.1. The molecule has 1 N–H and O–H groups in total. The van der Waals surface area contributed by atoms with Crippen LogP contribution in [-0.2, 0) is 4.74 Å². The minimum atomic E-state index is -0.611. The number of hydrogen-bond donors (Lipinski definition) is 1. The van der Waals surface area contributed by atoms with Gasteiger partial charge in [-0.1, -0.05) is 29.8 Å². The van der Waals surface area contributed by atoms with Gasteiger partial charge in [0.2, 0.25) is 0 Å². The van der Waals surface area contributed by atoms with E-state index in [1.54, 1.807) is 29.6 Å². The average molecular weight is 417 g/mol. The van der Waals surface area contributed by atoms with Gasteiger partial charge in [-0.05, 0) is 23.8 Å². The van der Waals surface area contributed by atoms with Gasteiger partial charge in [0.25, 0.3) is 11.6 Å². The molecular formula is C19H13ClN2O5S. The predicted molar refractivity (Wildman–Crippen MR) is 107 cm³/mol. The SMILES string of the molecule is COC(=O)c1c(-c2ccc(Cl)cc2)csc1NC(=O)c1cccc([N+](=O)[O-])c1. The molecule has 0 saturated heterocycles. The van der Waals surface area contributed by atoms with E-state index >= 15 is 0 Å². The van der Waals surface area contributed by atoms with E-state index in [2.05, 4.69) is 5.32 Å². The van der Waals surface area contributed by atoms with E-state index in [9.17, 15) is 19.7 Å². The first-order valence-corrected chi connectivity index (χ1v) is 9.18. The number of rotatable bonds is 5. The summed E-state index contributed by atoms with van der Waals surface area (Å²) in [5.41, 5.74) is 1.42. The van der Waals surface area contributed by atoms with E-state index in [0.29, 0.717) is 10.6 Å². The topological polar surface area (TPSA) is 98.5 Å². The Morgan fingerprint density at radius 2 is 1.89 bits per heavy atom. The number of nitro groups is 1. The molecule has 1 aromatic heterocycles. The van der Waals surface area contributed by atoms with Crippen molar-refractivity contribution >= 4 is 45.5 Å². The standard InChI is InChI=1S/C19H13ClN2O5S/c1-27-19(24)16-15(11-5-7-13(20)8-6-11)10-28-18(16)21-17(23)12-3-2-4-14(9-12)22(25)26/h2-10H,1H3,(H,21,23). The van der Waals surface area contributed by atoms with Gasteiger partial charge in [-0.15, -0.1) is 11.3 Å². The van der Waals surface area contributed by atoms with Crippen LogP contribution in [0.4, 0.5) is 10.7 Å². The molecule has 0 aliphatic heterocycles. The molecule has 0 bridgehead atoms. The summed E-state index contributed by atoms with van der Waals surface area (Å²) in [5.74, 6) is -1.18. The first kappa shape index (κ1) is 19.5. The first-order valence-electron chi connectivity index (χ1n) is 7.92. The smallest absolute Gasteiger partial charge is 0.341 e. The molecule has 1 amide bonds. The number of carbonyl (C=O) groups is 2. The maximum absolute atomic E-state index is 12.5. The second-order valence-electron chi connectivity index (χ2n) is 5.61. The fourth-order valence-corrected chi connectivity index (χ4v) is 3.61. The van der Waals surface area contributed by atoms with Crippen molar-refractivity contribution in [2.75, 3.05) is 12.4 Å². The van der Waals surface area contributed by atoms with Crippen molar-refractivity contribution in [1.29, 1.82) is 0 Å². The monoisotopic (exact) mass is 416 g/mol. The Hall–Kier alpha value is -3.23. The number of thiophene rings is 1. The van der Waals surface area contributed by atoms with Crippen LogP contribution in [-0.4, -0.2) is 23.9 Å². The Bertz CT molecular complexity index is 1060. The molecule has 3 aromatic rings. The fraction of sp³-hybridized carbons (Fsp3) is 0.0526. The highest BCUT2D eigenvalue weighted by Gasteiger charge is 2.23. The fourth-order valence-electron chi connectivity index (χ4n) is 2.53. The molecular weight excluding hydrogens is 404 g/mol. The molecule has 0 spiro atoms. The maximum atomic E-state index is 12.5. The summed E-state index contributed by atoms with van der Waals surface area (Å²) in [4.78, 5) is 35.2. The lowest BCUT2D eigenvalue weighted by atomic mass is 10.0. The lowest BCUT2D eigenvalue weighted by molar-refractivity contribution is -0.384. The highest BCUT2D eigenvalue weighted by Crippen LogP contribution is 2.36. The van der Waals surface area contributed by atoms with Crippen LogP contribution in [0.25, 0.3) is 11.1 Å². The number of non-ortho nitro benzene ring substituents is 1. The van der Waals surface area contributed by atoms with E-state index in [4.69, 9.17) is 16.3 Å². The number of amides is 1. The van der Waals surface area contributed by atoms with Gasteiger partial charge < -0.3 is 10.1 Å². The zero-order valence-electron chi connectivity index (χ0n) is 14.5. The van der Waals surface area contributed by atoms with Crippen LogP contribution in [0.1, 0.15) is 20.7 Å². The lowest BCUT2D eigenvalue weighted by Gasteiger charge is -2.08. The van der Waals surface area contributed by atoms with Crippen LogP contribution in [0.5, 0.6) is 0 Å². The number of anilines is 1. The number of nitrogens with one attached hydrogen (secondary N) is 1. The van der Waals surface area contributed by atoms with Crippen LogP contribution in [0.3, 0.4) is 0 Å². The number of nitrogens with zero attached hydrogens (tertiary/aromatic N) is 1. The van der Waals surface area contributed by atoms with Crippen LogP contribution in [0.2, 0.25) is 5.02 Å². The minimum absolute atomic E-state index is 0.103. The third-order valence-electron chi connectivity index (χ3n) is 3.88. The second-order valence-corrected chi connectivity index (χ2v) is 6.93. The molecule has 28 heavy (non-hydrogen) atoms. The number of ether oxygens (including phenoxy) is 1. The van der Waals surface area contributed by atoms with Crippen LogP contribution in [0.15, 0.2) is 53.9 Å². The molecule has 0 saturated carbocycles.